The fraction of sp³-hybridized carbons (Fsp3) is 0. The zero-order valence-electron chi connectivity index (χ0n) is 10.4. The molecule has 0 atom stereocenters. The highest BCUT2D eigenvalue weighted by molar-refractivity contribution is 9.10. The maximum absolute atomic E-state index is 8.79. The van der Waals surface area contributed by atoms with E-state index in [0.717, 1.165) is 21.3 Å². The van der Waals surface area contributed by atoms with E-state index in [1.807, 2.05) is 36.4 Å². The van der Waals surface area contributed by atoms with Crippen molar-refractivity contribution in [3.63, 3.8) is 0 Å². The smallest absolute Gasteiger partial charge is 0.226 e. The number of aromatic nitrogens is 1. The predicted octanol–water partition coefficient (Wildman–Crippen LogP) is 4.64. The molecule has 0 saturated carbocycles. The van der Waals surface area contributed by atoms with E-state index in [1.165, 1.54) is 0 Å². The summed E-state index contributed by atoms with van der Waals surface area (Å²) in [7, 11) is 0. The topological polar surface area (TPSA) is 49.8 Å². The Morgan fingerprint density at radius 3 is 2.25 bits per heavy atom. The number of hydrogen-bond donors (Lipinski definition) is 0. The third-order valence-corrected chi connectivity index (χ3v) is 3.43. The summed E-state index contributed by atoms with van der Waals surface area (Å²) in [6, 6.07) is 17.1. The minimum Gasteiger partial charge on any atom is -0.444 e. The molecule has 0 N–H and O–H groups in total. The van der Waals surface area contributed by atoms with Crippen LogP contribution in [0.4, 0.5) is 0 Å². The average molecular weight is 325 g/mol. The number of nitriles is 1. The molecule has 20 heavy (non-hydrogen) atoms. The molecular weight excluding hydrogens is 316 g/mol. The van der Waals surface area contributed by atoms with Gasteiger partial charge in [0, 0.05) is 15.6 Å². The molecule has 0 bridgehead atoms. The second-order valence-corrected chi connectivity index (χ2v) is 5.15. The van der Waals surface area contributed by atoms with Gasteiger partial charge >= 0.3 is 0 Å². The molecule has 4 heteroatoms. The summed E-state index contributed by atoms with van der Waals surface area (Å²) in [6.45, 7) is 0. The molecule has 0 aliphatic heterocycles. The Morgan fingerprint density at radius 2 is 1.60 bits per heavy atom. The van der Waals surface area contributed by atoms with Crippen molar-refractivity contribution in [3.8, 4) is 28.8 Å². The molecule has 1 aromatic heterocycles. The Kier molecular flexibility index (Phi) is 3.36. The maximum atomic E-state index is 8.79. The molecule has 3 rings (SSSR count). The van der Waals surface area contributed by atoms with Crippen molar-refractivity contribution < 1.29 is 4.42 Å². The van der Waals surface area contributed by atoms with Crippen LogP contribution in [-0.4, -0.2) is 4.98 Å². The Bertz CT molecular complexity index is 767. The first-order valence-electron chi connectivity index (χ1n) is 5.98. The van der Waals surface area contributed by atoms with Crippen molar-refractivity contribution in [1.29, 1.82) is 5.26 Å². The minimum absolute atomic E-state index is 0.580. The normalized spacial score (nSPS) is 10.2. The lowest BCUT2D eigenvalue weighted by molar-refractivity contribution is 0.575. The van der Waals surface area contributed by atoms with Crippen LogP contribution in [0.5, 0.6) is 0 Å². The van der Waals surface area contributed by atoms with Gasteiger partial charge in [-0.1, -0.05) is 28.1 Å². The zero-order valence-corrected chi connectivity index (χ0v) is 12.0. The van der Waals surface area contributed by atoms with Gasteiger partial charge in [0.25, 0.3) is 0 Å². The van der Waals surface area contributed by atoms with Crippen LogP contribution in [0.1, 0.15) is 5.56 Å². The Balaban J connectivity index is 1.93. The van der Waals surface area contributed by atoms with Crippen LogP contribution in [0.3, 0.4) is 0 Å². The molecule has 0 aliphatic carbocycles. The van der Waals surface area contributed by atoms with Gasteiger partial charge in [-0.15, -0.1) is 0 Å². The van der Waals surface area contributed by atoms with Crippen molar-refractivity contribution >= 4 is 15.9 Å². The van der Waals surface area contributed by atoms with Crippen LogP contribution in [-0.2, 0) is 0 Å². The highest BCUT2D eigenvalue weighted by atomic mass is 79.9. The molecule has 3 nitrogen and oxygen atoms in total. The Morgan fingerprint density at radius 1 is 0.950 bits per heavy atom. The fourth-order valence-electron chi connectivity index (χ4n) is 1.85. The van der Waals surface area contributed by atoms with Crippen molar-refractivity contribution in [2.24, 2.45) is 0 Å². The van der Waals surface area contributed by atoms with E-state index in [2.05, 4.69) is 27.0 Å². The molecule has 2 aromatic carbocycles. The first-order valence-corrected chi connectivity index (χ1v) is 6.77. The van der Waals surface area contributed by atoms with Gasteiger partial charge in [-0.25, -0.2) is 4.98 Å². The van der Waals surface area contributed by atoms with Crippen molar-refractivity contribution in [3.05, 3.63) is 64.8 Å². The van der Waals surface area contributed by atoms with Crippen molar-refractivity contribution in [2.45, 2.75) is 0 Å². The summed E-state index contributed by atoms with van der Waals surface area (Å²) in [5, 5.41) is 8.79. The number of oxazole rings is 1. The summed E-state index contributed by atoms with van der Waals surface area (Å²) in [6.07, 6.45) is 1.62. The van der Waals surface area contributed by atoms with Gasteiger partial charge in [-0.05, 0) is 36.4 Å². The monoisotopic (exact) mass is 324 g/mol. The van der Waals surface area contributed by atoms with Gasteiger partial charge in [-0.3, -0.25) is 0 Å². The number of benzene rings is 2. The summed E-state index contributed by atoms with van der Waals surface area (Å²) in [5.41, 5.74) is 3.24. The number of rotatable bonds is 2. The first-order chi connectivity index (χ1) is 9.76. The molecule has 0 fully saturated rings. The van der Waals surface area contributed by atoms with E-state index in [4.69, 9.17) is 9.68 Å². The molecule has 0 spiro atoms. The van der Waals surface area contributed by atoms with Gasteiger partial charge in [-0.2, -0.15) is 5.26 Å². The fourth-order valence-corrected chi connectivity index (χ4v) is 2.11. The molecule has 0 radical (unpaired) electrons. The van der Waals surface area contributed by atoms with E-state index < -0.39 is 0 Å². The number of nitrogens with zero attached hydrogens (tertiary/aromatic N) is 2. The molecular formula is C16H9BrN2O. The maximum Gasteiger partial charge on any atom is 0.226 e. The molecule has 0 saturated heterocycles. The molecule has 96 valence electrons. The van der Waals surface area contributed by atoms with Crippen molar-refractivity contribution in [2.75, 3.05) is 0 Å². The van der Waals surface area contributed by atoms with Gasteiger partial charge in [0.15, 0.2) is 0 Å². The predicted molar refractivity (Wildman–Crippen MR) is 79.8 cm³/mol. The highest BCUT2D eigenvalue weighted by Crippen LogP contribution is 2.25. The molecule has 0 amide bonds. The first kappa shape index (κ1) is 12.6. The lowest BCUT2D eigenvalue weighted by atomic mass is 10.1. The van der Waals surface area contributed by atoms with Crippen LogP contribution in [0.15, 0.2) is 63.7 Å². The van der Waals surface area contributed by atoms with Crippen LogP contribution in [0.2, 0.25) is 0 Å². The van der Waals surface area contributed by atoms with Crippen LogP contribution < -0.4 is 0 Å². The van der Waals surface area contributed by atoms with Crippen molar-refractivity contribution in [1.82, 2.24) is 4.98 Å². The SMILES string of the molecule is N#Cc1ccc(-c2coc(-c3ccc(Br)cc3)n2)cc1. The standard InChI is InChI=1S/C16H9BrN2O/c17-14-7-5-13(6-8-14)16-19-15(10-20-16)12-3-1-11(9-18)2-4-12/h1-8,10H. The second-order valence-electron chi connectivity index (χ2n) is 4.23. The third-order valence-electron chi connectivity index (χ3n) is 2.91. The zero-order chi connectivity index (χ0) is 13.9. The molecule has 0 aliphatic rings. The van der Waals surface area contributed by atoms with E-state index in [1.54, 1.807) is 18.4 Å². The second kappa shape index (κ2) is 5.32. The summed E-state index contributed by atoms with van der Waals surface area (Å²) in [5.74, 6) is 0.580. The van der Waals surface area contributed by atoms with E-state index in [0.29, 0.717) is 11.5 Å². The van der Waals surface area contributed by atoms with Gasteiger partial charge in [0.2, 0.25) is 5.89 Å². The highest BCUT2D eigenvalue weighted by Gasteiger charge is 2.08. The average Bonchev–Trinajstić information content (AvgIpc) is 2.98. The van der Waals surface area contributed by atoms with Gasteiger partial charge in [0.1, 0.15) is 12.0 Å². The third kappa shape index (κ3) is 2.49. The Hall–Kier alpha value is -2.38. The summed E-state index contributed by atoms with van der Waals surface area (Å²) < 4.78 is 6.52. The molecule has 0 unspecified atom stereocenters. The van der Waals surface area contributed by atoms with Gasteiger partial charge in [0.05, 0.1) is 11.6 Å². The lowest BCUT2D eigenvalue weighted by Crippen LogP contribution is -1.81. The molecule has 1 heterocycles. The summed E-state index contributed by atoms with van der Waals surface area (Å²) in [4.78, 5) is 4.47. The van der Waals surface area contributed by atoms with E-state index in [-0.39, 0.29) is 0 Å². The number of halogens is 1. The lowest BCUT2D eigenvalue weighted by Gasteiger charge is -1.96. The van der Waals surface area contributed by atoms with Crippen LogP contribution in [0, 0.1) is 11.3 Å². The van der Waals surface area contributed by atoms with E-state index in [9.17, 15) is 0 Å². The van der Waals surface area contributed by atoms with E-state index >= 15 is 0 Å². The molecule has 3 aromatic rings. The minimum atomic E-state index is 0.580. The summed E-state index contributed by atoms with van der Waals surface area (Å²) >= 11 is 3.40. The Labute approximate surface area is 124 Å². The van der Waals surface area contributed by atoms with Crippen LogP contribution >= 0.6 is 15.9 Å². The quantitative estimate of drug-likeness (QED) is 0.689. The largest absolute Gasteiger partial charge is 0.444 e. The number of hydrogen-bond acceptors (Lipinski definition) is 3. The van der Waals surface area contributed by atoms with Crippen LogP contribution in [0.25, 0.3) is 22.7 Å². The van der Waals surface area contributed by atoms with Gasteiger partial charge < -0.3 is 4.42 Å².